The van der Waals surface area contributed by atoms with Crippen molar-refractivity contribution in [1.29, 1.82) is 5.26 Å². The van der Waals surface area contributed by atoms with Gasteiger partial charge in [0.1, 0.15) is 6.07 Å². The van der Waals surface area contributed by atoms with Crippen LogP contribution in [0.3, 0.4) is 0 Å². The highest BCUT2D eigenvalue weighted by molar-refractivity contribution is 5.90. The van der Waals surface area contributed by atoms with E-state index in [1.807, 2.05) is 0 Å². The third kappa shape index (κ3) is 2.80. The van der Waals surface area contributed by atoms with E-state index in [1.54, 1.807) is 6.92 Å². The van der Waals surface area contributed by atoms with Crippen molar-refractivity contribution >= 4 is 5.97 Å². The fourth-order valence-electron chi connectivity index (χ4n) is 1.49. The first kappa shape index (κ1) is 14.0. The maximum atomic E-state index is 12.7. The molecule has 3 nitrogen and oxygen atoms in total. The van der Waals surface area contributed by atoms with Gasteiger partial charge in [0, 0.05) is 0 Å². The first-order valence-electron chi connectivity index (χ1n) is 5.10. The molecule has 6 heteroatoms. The van der Waals surface area contributed by atoms with E-state index in [-0.39, 0.29) is 17.7 Å². The highest BCUT2D eigenvalue weighted by Gasteiger charge is 2.35. The molecular weight excluding hydrogens is 247 g/mol. The maximum Gasteiger partial charge on any atom is 0.417 e. The molecule has 0 N–H and O–H groups in total. The van der Waals surface area contributed by atoms with Crippen LogP contribution in [-0.4, -0.2) is 12.6 Å². The molecule has 0 saturated carbocycles. The fraction of sp³-hybridized carbons (Fsp3) is 0.333. The van der Waals surface area contributed by atoms with Crippen LogP contribution in [0.25, 0.3) is 0 Å². The van der Waals surface area contributed by atoms with Crippen molar-refractivity contribution in [3.05, 3.63) is 34.4 Å². The molecule has 0 radical (unpaired) electrons. The van der Waals surface area contributed by atoms with E-state index in [2.05, 4.69) is 4.74 Å². The van der Waals surface area contributed by atoms with Crippen LogP contribution in [0.5, 0.6) is 0 Å². The lowest BCUT2D eigenvalue weighted by atomic mass is 9.99. The molecule has 1 aromatic carbocycles. The zero-order valence-corrected chi connectivity index (χ0v) is 9.76. The summed E-state index contributed by atoms with van der Waals surface area (Å²) in [4.78, 5) is 11.4. The standard InChI is InChI=1S/C12H10F3NO2/c1-3-18-11(17)8-4-7(2)9(6-16)10(5-8)12(13,14)15/h4-5H,3H2,1-2H3. The molecule has 0 aromatic heterocycles. The van der Waals surface area contributed by atoms with Crippen LogP contribution in [0, 0.1) is 18.3 Å². The fourth-order valence-corrected chi connectivity index (χ4v) is 1.49. The molecule has 0 fully saturated rings. The Labute approximate surface area is 102 Å². The van der Waals surface area contributed by atoms with Crippen LogP contribution in [-0.2, 0) is 10.9 Å². The van der Waals surface area contributed by atoms with Gasteiger partial charge in [-0.2, -0.15) is 18.4 Å². The Morgan fingerprint density at radius 1 is 1.44 bits per heavy atom. The summed E-state index contributed by atoms with van der Waals surface area (Å²) in [6.07, 6.45) is -4.68. The van der Waals surface area contributed by atoms with Gasteiger partial charge in [0.05, 0.1) is 23.3 Å². The van der Waals surface area contributed by atoms with Crippen molar-refractivity contribution in [2.45, 2.75) is 20.0 Å². The minimum absolute atomic E-state index is 0.0687. The smallest absolute Gasteiger partial charge is 0.417 e. The first-order valence-corrected chi connectivity index (χ1v) is 5.10. The van der Waals surface area contributed by atoms with Gasteiger partial charge in [-0.3, -0.25) is 0 Å². The number of rotatable bonds is 2. The summed E-state index contributed by atoms with van der Waals surface area (Å²) in [6, 6.07) is 3.35. The van der Waals surface area contributed by atoms with Crippen LogP contribution < -0.4 is 0 Å². The largest absolute Gasteiger partial charge is 0.462 e. The molecule has 0 bridgehead atoms. The van der Waals surface area contributed by atoms with Crippen molar-refractivity contribution in [3.63, 3.8) is 0 Å². The summed E-state index contributed by atoms with van der Waals surface area (Å²) in [5, 5.41) is 8.73. The van der Waals surface area contributed by atoms with E-state index in [4.69, 9.17) is 5.26 Å². The number of nitrogens with zero attached hydrogens (tertiary/aromatic N) is 1. The zero-order chi connectivity index (χ0) is 13.9. The highest BCUT2D eigenvalue weighted by Crippen LogP contribution is 2.34. The van der Waals surface area contributed by atoms with Gasteiger partial charge in [-0.1, -0.05) is 0 Å². The number of carbonyl (C=O) groups excluding carboxylic acids is 1. The number of halogens is 3. The molecule has 96 valence electrons. The number of nitriles is 1. The lowest BCUT2D eigenvalue weighted by Gasteiger charge is -2.12. The van der Waals surface area contributed by atoms with Crippen molar-refractivity contribution in [2.24, 2.45) is 0 Å². The monoisotopic (exact) mass is 257 g/mol. The molecular formula is C12H10F3NO2. The number of aryl methyl sites for hydroxylation is 1. The summed E-state index contributed by atoms with van der Waals surface area (Å²) < 4.78 is 42.9. The topological polar surface area (TPSA) is 50.1 Å². The Bertz CT molecular complexity index is 515. The Morgan fingerprint density at radius 2 is 2.06 bits per heavy atom. The van der Waals surface area contributed by atoms with Gasteiger partial charge in [0.25, 0.3) is 0 Å². The average molecular weight is 257 g/mol. The molecule has 0 amide bonds. The van der Waals surface area contributed by atoms with Gasteiger partial charge in [-0.25, -0.2) is 4.79 Å². The maximum absolute atomic E-state index is 12.7. The Hall–Kier alpha value is -2.03. The van der Waals surface area contributed by atoms with E-state index in [0.717, 1.165) is 0 Å². The SMILES string of the molecule is CCOC(=O)c1cc(C)c(C#N)c(C(F)(F)F)c1. The lowest BCUT2D eigenvalue weighted by Crippen LogP contribution is -2.13. The molecule has 0 aliphatic carbocycles. The summed E-state index contributed by atoms with van der Waals surface area (Å²) in [5.41, 5.74) is -1.71. The van der Waals surface area contributed by atoms with Crippen LogP contribution in [0.4, 0.5) is 13.2 Å². The predicted molar refractivity (Wildman–Crippen MR) is 56.9 cm³/mol. The van der Waals surface area contributed by atoms with Crippen LogP contribution in [0.15, 0.2) is 12.1 Å². The minimum Gasteiger partial charge on any atom is -0.462 e. The summed E-state index contributed by atoms with van der Waals surface area (Å²) >= 11 is 0. The molecule has 1 rings (SSSR count). The Kier molecular flexibility index (Phi) is 3.96. The predicted octanol–water partition coefficient (Wildman–Crippen LogP) is 3.06. The van der Waals surface area contributed by atoms with Gasteiger partial charge in [-0.05, 0) is 31.5 Å². The number of carbonyl (C=O) groups is 1. The average Bonchev–Trinajstić information content (AvgIpc) is 2.27. The quantitative estimate of drug-likeness (QED) is 0.765. The molecule has 18 heavy (non-hydrogen) atoms. The Balaban J connectivity index is 3.41. The van der Waals surface area contributed by atoms with Gasteiger partial charge in [0.2, 0.25) is 0 Å². The van der Waals surface area contributed by atoms with Crippen molar-refractivity contribution in [2.75, 3.05) is 6.61 Å². The molecule has 0 aliphatic rings. The molecule has 0 aliphatic heterocycles. The van der Waals surface area contributed by atoms with Crippen LogP contribution in [0.2, 0.25) is 0 Å². The molecule has 1 aromatic rings. The summed E-state index contributed by atoms with van der Waals surface area (Å²) in [5.74, 6) is -0.837. The second-order valence-electron chi connectivity index (χ2n) is 3.55. The Morgan fingerprint density at radius 3 is 2.50 bits per heavy atom. The van der Waals surface area contributed by atoms with Gasteiger partial charge in [-0.15, -0.1) is 0 Å². The zero-order valence-electron chi connectivity index (χ0n) is 9.76. The number of alkyl halides is 3. The molecule has 0 heterocycles. The van der Waals surface area contributed by atoms with Crippen LogP contribution in [0.1, 0.15) is 34.0 Å². The number of esters is 1. The van der Waals surface area contributed by atoms with Crippen molar-refractivity contribution in [1.82, 2.24) is 0 Å². The highest BCUT2D eigenvalue weighted by atomic mass is 19.4. The van der Waals surface area contributed by atoms with Crippen molar-refractivity contribution < 1.29 is 22.7 Å². The molecule has 0 atom stereocenters. The minimum atomic E-state index is -4.68. The second-order valence-corrected chi connectivity index (χ2v) is 3.55. The van der Waals surface area contributed by atoms with E-state index in [9.17, 15) is 18.0 Å². The van der Waals surface area contributed by atoms with Gasteiger partial charge < -0.3 is 4.74 Å². The van der Waals surface area contributed by atoms with Gasteiger partial charge >= 0.3 is 12.1 Å². The molecule has 0 unspecified atom stereocenters. The van der Waals surface area contributed by atoms with E-state index >= 15 is 0 Å². The molecule has 0 saturated heterocycles. The normalized spacial score (nSPS) is 10.9. The number of ether oxygens (including phenoxy) is 1. The third-order valence-electron chi connectivity index (χ3n) is 2.26. The molecule has 0 spiro atoms. The summed E-state index contributed by atoms with van der Waals surface area (Å²) in [7, 11) is 0. The number of hydrogen-bond donors (Lipinski definition) is 0. The third-order valence-corrected chi connectivity index (χ3v) is 2.26. The number of hydrogen-bond acceptors (Lipinski definition) is 3. The van der Waals surface area contributed by atoms with E-state index in [1.165, 1.54) is 19.1 Å². The van der Waals surface area contributed by atoms with E-state index < -0.39 is 23.3 Å². The van der Waals surface area contributed by atoms with Gasteiger partial charge in [0.15, 0.2) is 0 Å². The van der Waals surface area contributed by atoms with Crippen molar-refractivity contribution in [3.8, 4) is 6.07 Å². The van der Waals surface area contributed by atoms with Crippen LogP contribution >= 0.6 is 0 Å². The first-order chi connectivity index (χ1) is 8.31. The second kappa shape index (κ2) is 5.08. The summed E-state index contributed by atoms with van der Waals surface area (Å²) in [6.45, 7) is 2.97. The lowest BCUT2D eigenvalue weighted by molar-refractivity contribution is -0.137. The number of benzene rings is 1. The van der Waals surface area contributed by atoms with E-state index in [0.29, 0.717) is 6.07 Å².